The number of ketones is 2. The lowest BCUT2D eigenvalue weighted by Crippen LogP contribution is -2.59. The molecule has 7 atom stereocenters. The van der Waals surface area contributed by atoms with E-state index in [1.807, 2.05) is 6.08 Å². The molecule has 0 bridgehead atoms. The molecule has 4 rings (SSSR count). The van der Waals surface area contributed by atoms with Crippen LogP contribution in [0.1, 0.15) is 79.1 Å². The highest BCUT2D eigenvalue weighted by Crippen LogP contribution is 2.69. The second-order valence-electron chi connectivity index (χ2n) is 10.6. The Morgan fingerprint density at radius 1 is 1.20 bits per heavy atom. The van der Waals surface area contributed by atoms with Crippen molar-refractivity contribution >= 4 is 17.5 Å². The van der Waals surface area contributed by atoms with Gasteiger partial charge in [0, 0.05) is 18.8 Å². The van der Waals surface area contributed by atoms with E-state index >= 15 is 0 Å². The van der Waals surface area contributed by atoms with Gasteiger partial charge in [-0.1, -0.05) is 26.3 Å². The van der Waals surface area contributed by atoms with E-state index < -0.39 is 17.0 Å². The lowest BCUT2D eigenvalue weighted by molar-refractivity contribution is -0.170. The summed E-state index contributed by atoms with van der Waals surface area (Å²) >= 11 is 0. The zero-order chi connectivity index (χ0) is 21.9. The molecule has 30 heavy (non-hydrogen) atoms. The molecule has 5 heteroatoms. The van der Waals surface area contributed by atoms with Crippen molar-refractivity contribution in [2.24, 2.45) is 34.5 Å². The number of aliphatic hydroxyl groups is 1. The molecule has 0 spiro atoms. The molecule has 0 radical (unpaired) electrons. The lowest BCUT2D eigenvalue weighted by atomic mass is 9.43. The number of allylic oxidation sites excluding steroid dienone is 1. The van der Waals surface area contributed by atoms with E-state index in [4.69, 9.17) is 4.74 Å². The third-order valence-corrected chi connectivity index (χ3v) is 9.66. The van der Waals surface area contributed by atoms with Gasteiger partial charge in [0.05, 0.1) is 0 Å². The highest BCUT2D eigenvalue weighted by Gasteiger charge is 2.67. The average molecular weight is 417 g/mol. The molecule has 166 valence electrons. The maximum Gasteiger partial charge on any atom is 0.303 e. The Balaban J connectivity index is 1.66. The third kappa shape index (κ3) is 2.87. The first kappa shape index (κ1) is 21.7. The largest absolute Gasteiger partial charge is 0.458 e. The predicted octanol–water partition coefficient (Wildman–Crippen LogP) is 4.02. The Bertz CT molecular complexity index is 799. The van der Waals surface area contributed by atoms with E-state index in [9.17, 15) is 19.5 Å². The summed E-state index contributed by atoms with van der Waals surface area (Å²) in [6.45, 7) is 7.55. The summed E-state index contributed by atoms with van der Waals surface area (Å²) in [5, 5.41) is 11.6. The number of fused-ring (bicyclic) bond motifs is 5. The zero-order valence-electron chi connectivity index (χ0n) is 18.8. The van der Waals surface area contributed by atoms with Crippen LogP contribution in [0.4, 0.5) is 0 Å². The number of carbonyl (C=O) groups is 3. The number of hydrogen-bond acceptors (Lipinski definition) is 5. The van der Waals surface area contributed by atoms with Gasteiger partial charge in [-0.2, -0.15) is 0 Å². The minimum atomic E-state index is -1.42. The lowest BCUT2D eigenvalue weighted by Gasteiger charge is -2.61. The number of Topliss-reactive ketones (excluding diaryl/α,β-unsaturated/α-hetero) is 1. The molecule has 3 saturated carbocycles. The van der Waals surface area contributed by atoms with Crippen LogP contribution in [0.3, 0.4) is 0 Å². The summed E-state index contributed by atoms with van der Waals surface area (Å²) in [7, 11) is 0. The van der Waals surface area contributed by atoms with Gasteiger partial charge < -0.3 is 9.84 Å². The summed E-state index contributed by atoms with van der Waals surface area (Å²) in [5.74, 6) is 1.05. The van der Waals surface area contributed by atoms with Gasteiger partial charge in [0.25, 0.3) is 0 Å². The molecule has 0 heterocycles. The number of esters is 1. The fourth-order valence-corrected chi connectivity index (χ4v) is 8.15. The van der Waals surface area contributed by atoms with Gasteiger partial charge in [-0.3, -0.25) is 14.4 Å². The molecule has 0 aromatic rings. The molecular formula is C25H36O5. The van der Waals surface area contributed by atoms with Gasteiger partial charge in [0.2, 0.25) is 5.78 Å². The van der Waals surface area contributed by atoms with Gasteiger partial charge in [0.15, 0.2) is 12.4 Å². The average Bonchev–Trinajstić information content (AvgIpc) is 2.99. The standard InChI is InChI=1S/C25H36O5/c1-5-24-10-6-17(27)13-21(24)15(2)12-18-19-8-11-25(29,22(28)14-30-16(3)26)23(19,4)9-7-20(18)24/h13,15,18-20,29H,5-12,14H2,1-4H3/t15-,18+,19+,20+,23+,24+,25+/m1/s1. The van der Waals surface area contributed by atoms with Crippen LogP contribution in [0.5, 0.6) is 0 Å². The van der Waals surface area contributed by atoms with Gasteiger partial charge >= 0.3 is 5.97 Å². The molecule has 4 aliphatic carbocycles. The number of ether oxygens (including phenoxy) is 1. The fraction of sp³-hybridized carbons (Fsp3) is 0.800. The second kappa shape index (κ2) is 7.29. The maximum atomic E-state index is 13.0. The van der Waals surface area contributed by atoms with E-state index in [1.54, 1.807) is 0 Å². The Labute approximate surface area is 179 Å². The molecule has 0 unspecified atom stereocenters. The van der Waals surface area contributed by atoms with Crippen LogP contribution in [0.2, 0.25) is 0 Å². The van der Waals surface area contributed by atoms with Crippen LogP contribution in [-0.2, 0) is 19.1 Å². The van der Waals surface area contributed by atoms with E-state index in [2.05, 4.69) is 20.8 Å². The molecule has 0 amide bonds. The van der Waals surface area contributed by atoms with E-state index in [1.165, 1.54) is 12.5 Å². The van der Waals surface area contributed by atoms with E-state index in [0.717, 1.165) is 38.5 Å². The minimum absolute atomic E-state index is 0.0973. The molecule has 0 aliphatic heterocycles. The SMILES string of the molecule is CC[C@@]12CCC(=O)C=C1[C@H](C)C[C@@H]1[C@@H]2CC[C@@]2(C)[C@H]1CC[C@]2(O)C(=O)COC(C)=O. The Morgan fingerprint density at radius 3 is 2.57 bits per heavy atom. The first-order chi connectivity index (χ1) is 14.1. The zero-order valence-corrected chi connectivity index (χ0v) is 18.8. The van der Waals surface area contributed by atoms with Crippen molar-refractivity contribution < 1.29 is 24.2 Å². The minimum Gasteiger partial charge on any atom is -0.458 e. The smallest absolute Gasteiger partial charge is 0.303 e. The first-order valence-electron chi connectivity index (χ1n) is 11.7. The van der Waals surface area contributed by atoms with Crippen molar-refractivity contribution in [1.29, 1.82) is 0 Å². The van der Waals surface area contributed by atoms with Crippen molar-refractivity contribution in [3.63, 3.8) is 0 Å². The highest BCUT2D eigenvalue weighted by molar-refractivity contribution is 5.92. The summed E-state index contributed by atoms with van der Waals surface area (Å²) in [5.41, 5.74) is -0.434. The molecule has 5 nitrogen and oxygen atoms in total. The molecule has 1 N–H and O–H groups in total. The fourth-order valence-electron chi connectivity index (χ4n) is 8.15. The molecule has 0 aromatic heterocycles. The Kier molecular flexibility index (Phi) is 5.28. The van der Waals surface area contributed by atoms with Crippen molar-refractivity contribution in [3.05, 3.63) is 11.6 Å². The quantitative estimate of drug-likeness (QED) is 0.700. The summed E-state index contributed by atoms with van der Waals surface area (Å²) in [6.07, 6.45) is 8.69. The molecule has 0 saturated heterocycles. The molecular weight excluding hydrogens is 380 g/mol. The van der Waals surface area contributed by atoms with Crippen LogP contribution < -0.4 is 0 Å². The maximum absolute atomic E-state index is 13.0. The molecule has 0 aromatic carbocycles. The summed E-state index contributed by atoms with van der Waals surface area (Å²) in [6, 6.07) is 0. The summed E-state index contributed by atoms with van der Waals surface area (Å²) < 4.78 is 4.96. The van der Waals surface area contributed by atoms with Crippen molar-refractivity contribution in [1.82, 2.24) is 0 Å². The van der Waals surface area contributed by atoms with Crippen molar-refractivity contribution in [2.45, 2.75) is 84.7 Å². The van der Waals surface area contributed by atoms with Gasteiger partial charge in [-0.25, -0.2) is 0 Å². The van der Waals surface area contributed by atoms with Crippen LogP contribution in [0.15, 0.2) is 11.6 Å². The number of carbonyl (C=O) groups excluding carboxylic acids is 3. The van der Waals surface area contributed by atoms with E-state index in [0.29, 0.717) is 30.6 Å². The highest BCUT2D eigenvalue weighted by atomic mass is 16.5. The van der Waals surface area contributed by atoms with Crippen LogP contribution in [-0.4, -0.2) is 34.9 Å². The first-order valence-corrected chi connectivity index (χ1v) is 11.7. The molecule has 3 fully saturated rings. The van der Waals surface area contributed by atoms with Crippen molar-refractivity contribution in [3.8, 4) is 0 Å². The number of hydrogen-bond donors (Lipinski definition) is 1. The summed E-state index contributed by atoms with van der Waals surface area (Å²) in [4.78, 5) is 36.4. The second-order valence-corrected chi connectivity index (χ2v) is 10.6. The van der Waals surface area contributed by atoms with Crippen LogP contribution in [0, 0.1) is 34.5 Å². The molecule has 4 aliphatic rings. The van der Waals surface area contributed by atoms with Crippen LogP contribution >= 0.6 is 0 Å². The topological polar surface area (TPSA) is 80.7 Å². The van der Waals surface area contributed by atoms with E-state index in [-0.39, 0.29) is 29.5 Å². The Hall–Kier alpha value is -1.49. The van der Waals surface area contributed by atoms with Crippen LogP contribution in [0.25, 0.3) is 0 Å². The van der Waals surface area contributed by atoms with Gasteiger partial charge in [0.1, 0.15) is 5.60 Å². The Morgan fingerprint density at radius 2 is 1.90 bits per heavy atom. The predicted molar refractivity (Wildman–Crippen MR) is 112 cm³/mol. The number of rotatable bonds is 4. The van der Waals surface area contributed by atoms with Gasteiger partial charge in [-0.05, 0) is 80.1 Å². The third-order valence-electron chi connectivity index (χ3n) is 9.66. The van der Waals surface area contributed by atoms with Crippen molar-refractivity contribution in [2.75, 3.05) is 6.61 Å². The van der Waals surface area contributed by atoms with Gasteiger partial charge in [-0.15, -0.1) is 0 Å². The monoisotopic (exact) mass is 416 g/mol. The normalized spacial score (nSPS) is 45.1.